The molecule has 0 aromatic heterocycles. The molecule has 0 spiro atoms. The molecule has 0 N–H and O–H groups in total. The standard InChI is InChI=1S/C13H14N2O4/c1-8(9(2)16)14-12-5-4-11(15(18)19)7-10(12)3-6-13(14)17/h4-5,7-8H,3,6H2,1-2H3. The zero-order valence-corrected chi connectivity index (χ0v) is 10.8. The molecule has 100 valence electrons. The molecule has 0 fully saturated rings. The van der Waals surface area contributed by atoms with Gasteiger partial charge in [-0.3, -0.25) is 19.7 Å². The van der Waals surface area contributed by atoms with Gasteiger partial charge < -0.3 is 4.90 Å². The van der Waals surface area contributed by atoms with Crippen molar-refractivity contribution in [2.45, 2.75) is 32.7 Å². The number of nitrogens with zero attached hydrogens (tertiary/aromatic N) is 2. The second kappa shape index (κ2) is 4.79. The van der Waals surface area contributed by atoms with Crippen LogP contribution >= 0.6 is 0 Å². The van der Waals surface area contributed by atoms with E-state index in [1.54, 1.807) is 13.0 Å². The minimum Gasteiger partial charge on any atom is -0.302 e. The molecule has 1 aliphatic rings. The van der Waals surface area contributed by atoms with Crippen molar-refractivity contribution in [2.24, 2.45) is 0 Å². The van der Waals surface area contributed by atoms with E-state index in [4.69, 9.17) is 0 Å². The summed E-state index contributed by atoms with van der Waals surface area (Å²) >= 11 is 0. The SMILES string of the molecule is CC(=O)C(C)N1C(=O)CCc2cc([N+](=O)[O-])ccc21. The summed E-state index contributed by atoms with van der Waals surface area (Å²) in [6.07, 6.45) is 0.739. The van der Waals surface area contributed by atoms with Crippen LogP contribution in [0.25, 0.3) is 0 Å². The number of ketones is 1. The van der Waals surface area contributed by atoms with Gasteiger partial charge in [0, 0.05) is 24.2 Å². The first-order valence-electron chi connectivity index (χ1n) is 6.01. The number of amides is 1. The van der Waals surface area contributed by atoms with Crippen molar-refractivity contribution < 1.29 is 14.5 Å². The van der Waals surface area contributed by atoms with Crippen LogP contribution in [-0.2, 0) is 16.0 Å². The smallest absolute Gasteiger partial charge is 0.269 e. The fourth-order valence-corrected chi connectivity index (χ4v) is 2.22. The van der Waals surface area contributed by atoms with Crippen LogP contribution in [0, 0.1) is 10.1 Å². The second-order valence-corrected chi connectivity index (χ2v) is 4.62. The van der Waals surface area contributed by atoms with Gasteiger partial charge in [0.05, 0.1) is 11.0 Å². The highest BCUT2D eigenvalue weighted by Crippen LogP contribution is 2.32. The minimum absolute atomic E-state index is 0.00327. The van der Waals surface area contributed by atoms with Crippen molar-refractivity contribution in [3.05, 3.63) is 33.9 Å². The molecule has 6 nitrogen and oxygen atoms in total. The molecule has 0 radical (unpaired) electrons. The van der Waals surface area contributed by atoms with Gasteiger partial charge in [0.15, 0.2) is 5.78 Å². The molecule has 6 heteroatoms. The Morgan fingerprint density at radius 2 is 2.11 bits per heavy atom. The van der Waals surface area contributed by atoms with Crippen molar-refractivity contribution in [1.82, 2.24) is 0 Å². The number of nitro groups is 1. The van der Waals surface area contributed by atoms with Gasteiger partial charge in [-0.25, -0.2) is 0 Å². The lowest BCUT2D eigenvalue weighted by Gasteiger charge is -2.33. The summed E-state index contributed by atoms with van der Waals surface area (Å²) in [5.74, 6) is -0.233. The Balaban J connectivity index is 2.48. The normalized spacial score (nSPS) is 15.9. The molecule has 0 saturated heterocycles. The van der Waals surface area contributed by atoms with Gasteiger partial charge in [-0.1, -0.05) is 0 Å². The zero-order chi connectivity index (χ0) is 14.2. The summed E-state index contributed by atoms with van der Waals surface area (Å²) in [7, 11) is 0. The summed E-state index contributed by atoms with van der Waals surface area (Å²) in [4.78, 5) is 35.2. The van der Waals surface area contributed by atoms with Gasteiger partial charge in [0.1, 0.15) is 0 Å². The Bertz CT molecular complexity index is 568. The van der Waals surface area contributed by atoms with E-state index in [-0.39, 0.29) is 23.8 Å². The molecular formula is C13H14N2O4. The molecule has 1 unspecified atom stereocenters. The van der Waals surface area contributed by atoms with E-state index in [9.17, 15) is 19.7 Å². The number of hydrogen-bond donors (Lipinski definition) is 0. The lowest BCUT2D eigenvalue weighted by molar-refractivity contribution is -0.384. The number of carbonyl (C=O) groups excluding carboxylic acids is 2. The lowest BCUT2D eigenvalue weighted by Crippen LogP contribution is -2.45. The topological polar surface area (TPSA) is 80.5 Å². The molecule has 1 heterocycles. The van der Waals surface area contributed by atoms with Gasteiger partial charge >= 0.3 is 0 Å². The third kappa shape index (κ3) is 2.33. The van der Waals surface area contributed by atoms with Crippen LogP contribution in [0.1, 0.15) is 25.8 Å². The zero-order valence-electron chi connectivity index (χ0n) is 10.8. The summed E-state index contributed by atoms with van der Waals surface area (Å²) in [5.41, 5.74) is 1.34. The van der Waals surface area contributed by atoms with Crippen LogP contribution in [0.4, 0.5) is 11.4 Å². The monoisotopic (exact) mass is 262 g/mol. The second-order valence-electron chi connectivity index (χ2n) is 4.62. The molecular weight excluding hydrogens is 248 g/mol. The predicted octanol–water partition coefficient (Wildman–Crippen LogP) is 1.85. The third-order valence-corrected chi connectivity index (χ3v) is 3.39. The number of nitro benzene ring substituents is 1. The average Bonchev–Trinajstić information content (AvgIpc) is 2.37. The van der Waals surface area contributed by atoms with Crippen molar-refractivity contribution in [2.75, 3.05) is 4.90 Å². The van der Waals surface area contributed by atoms with Gasteiger partial charge in [0.2, 0.25) is 5.91 Å². The number of hydrogen-bond acceptors (Lipinski definition) is 4. The Kier molecular flexibility index (Phi) is 3.33. The number of Topliss-reactive ketones (excluding diaryl/α,β-unsaturated/α-hetero) is 1. The first-order valence-corrected chi connectivity index (χ1v) is 6.01. The molecule has 19 heavy (non-hydrogen) atoms. The number of aryl methyl sites for hydroxylation is 1. The average molecular weight is 262 g/mol. The van der Waals surface area contributed by atoms with Crippen molar-refractivity contribution in [3.8, 4) is 0 Å². The minimum atomic E-state index is -0.548. The van der Waals surface area contributed by atoms with E-state index in [0.717, 1.165) is 5.56 Å². The molecule has 1 aliphatic heterocycles. The molecule has 1 atom stereocenters. The maximum Gasteiger partial charge on any atom is 0.269 e. The van der Waals surface area contributed by atoms with Crippen LogP contribution in [0.2, 0.25) is 0 Å². The Morgan fingerprint density at radius 1 is 1.42 bits per heavy atom. The van der Waals surface area contributed by atoms with E-state index in [2.05, 4.69) is 0 Å². The fraction of sp³-hybridized carbons (Fsp3) is 0.385. The largest absolute Gasteiger partial charge is 0.302 e. The highest BCUT2D eigenvalue weighted by molar-refractivity contribution is 6.02. The number of carbonyl (C=O) groups is 2. The van der Waals surface area contributed by atoms with Crippen LogP contribution in [0.15, 0.2) is 18.2 Å². The molecule has 1 aromatic rings. The van der Waals surface area contributed by atoms with Gasteiger partial charge in [-0.15, -0.1) is 0 Å². The quantitative estimate of drug-likeness (QED) is 0.615. The van der Waals surface area contributed by atoms with E-state index in [1.807, 2.05) is 0 Å². The Labute approximate surface area is 110 Å². The van der Waals surface area contributed by atoms with Gasteiger partial charge in [-0.05, 0) is 31.9 Å². The van der Waals surface area contributed by atoms with Gasteiger partial charge in [0.25, 0.3) is 5.69 Å². The Hall–Kier alpha value is -2.24. The van der Waals surface area contributed by atoms with E-state index in [1.165, 1.54) is 24.0 Å². The maximum atomic E-state index is 12.0. The summed E-state index contributed by atoms with van der Waals surface area (Å²) in [5, 5.41) is 10.7. The van der Waals surface area contributed by atoms with Crippen molar-refractivity contribution in [1.29, 1.82) is 0 Å². The number of non-ortho nitro benzene ring substituents is 1. The number of anilines is 1. The predicted molar refractivity (Wildman–Crippen MR) is 69.0 cm³/mol. The fourth-order valence-electron chi connectivity index (χ4n) is 2.22. The Morgan fingerprint density at radius 3 is 2.68 bits per heavy atom. The van der Waals surface area contributed by atoms with Crippen molar-refractivity contribution in [3.63, 3.8) is 0 Å². The van der Waals surface area contributed by atoms with Crippen molar-refractivity contribution >= 4 is 23.1 Å². The summed E-state index contributed by atoms with van der Waals surface area (Å²) < 4.78 is 0. The van der Waals surface area contributed by atoms with Crippen LogP contribution in [-0.4, -0.2) is 22.7 Å². The molecule has 0 aliphatic carbocycles. The van der Waals surface area contributed by atoms with E-state index >= 15 is 0 Å². The number of rotatable bonds is 3. The first kappa shape index (κ1) is 13.2. The van der Waals surface area contributed by atoms with Crippen LogP contribution in [0.3, 0.4) is 0 Å². The molecule has 1 aromatic carbocycles. The third-order valence-electron chi connectivity index (χ3n) is 3.39. The highest BCUT2D eigenvalue weighted by atomic mass is 16.6. The number of fused-ring (bicyclic) bond motifs is 1. The molecule has 1 amide bonds. The lowest BCUT2D eigenvalue weighted by atomic mass is 9.98. The van der Waals surface area contributed by atoms with Crippen LogP contribution in [0.5, 0.6) is 0 Å². The summed E-state index contributed by atoms with van der Waals surface area (Å²) in [6, 6.07) is 3.83. The molecule has 2 rings (SSSR count). The van der Waals surface area contributed by atoms with Crippen LogP contribution < -0.4 is 4.90 Å². The van der Waals surface area contributed by atoms with E-state index in [0.29, 0.717) is 12.1 Å². The number of benzene rings is 1. The first-order chi connectivity index (χ1) is 8.91. The maximum absolute atomic E-state index is 12.0. The highest BCUT2D eigenvalue weighted by Gasteiger charge is 2.31. The molecule has 0 bridgehead atoms. The summed E-state index contributed by atoms with van der Waals surface area (Å²) in [6.45, 7) is 3.09. The van der Waals surface area contributed by atoms with E-state index < -0.39 is 11.0 Å². The molecule has 0 saturated carbocycles. The van der Waals surface area contributed by atoms with Gasteiger partial charge in [-0.2, -0.15) is 0 Å².